The van der Waals surface area contributed by atoms with E-state index >= 15 is 0 Å². The van der Waals surface area contributed by atoms with Crippen LogP contribution in [0.5, 0.6) is 0 Å². The second-order valence-electron chi connectivity index (χ2n) is 5.82. The van der Waals surface area contributed by atoms with Crippen LogP contribution in [0.1, 0.15) is 41.9 Å². The van der Waals surface area contributed by atoms with Crippen molar-refractivity contribution in [2.75, 3.05) is 0 Å². The van der Waals surface area contributed by atoms with Gasteiger partial charge in [-0.05, 0) is 37.3 Å². The third-order valence-electron chi connectivity index (χ3n) is 3.92. The molecule has 3 heterocycles. The van der Waals surface area contributed by atoms with Crippen LogP contribution in [0, 0.1) is 6.92 Å². The zero-order chi connectivity index (χ0) is 14.3. The lowest BCUT2D eigenvalue weighted by Crippen LogP contribution is -2.46. The fourth-order valence-corrected chi connectivity index (χ4v) is 3.82. The Kier molecular flexibility index (Phi) is 3.40. The summed E-state index contributed by atoms with van der Waals surface area (Å²) < 4.78 is 1.70. The van der Waals surface area contributed by atoms with Gasteiger partial charge in [-0.1, -0.05) is 5.21 Å². The molecule has 0 radical (unpaired) electrons. The number of aryl methyl sites for hydroxylation is 2. The van der Waals surface area contributed by atoms with E-state index in [2.05, 4.69) is 40.9 Å². The molecule has 0 aliphatic carbocycles. The van der Waals surface area contributed by atoms with E-state index in [4.69, 9.17) is 0 Å². The summed E-state index contributed by atoms with van der Waals surface area (Å²) in [5, 5.41) is 24.8. The Bertz CT molecular complexity index is 608. The van der Waals surface area contributed by atoms with Crippen LogP contribution < -0.4 is 5.32 Å². The number of rotatable bonds is 2. The second kappa shape index (κ2) is 4.95. The van der Waals surface area contributed by atoms with E-state index in [0.717, 1.165) is 17.7 Å². The van der Waals surface area contributed by atoms with Crippen LogP contribution in [0.4, 0.5) is 0 Å². The summed E-state index contributed by atoms with van der Waals surface area (Å²) in [5.41, 5.74) is 1.14. The molecular weight excluding hydrogens is 272 g/mol. The summed E-state index contributed by atoms with van der Waals surface area (Å²) in [6.07, 6.45) is 3.27. The molecule has 20 heavy (non-hydrogen) atoms. The van der Waals surface area contributed by atoms with Gasteiger partial charge in [-0.25, -0.2) is 0 Å². The monoisotopic (exact) mass is 292 g/mol. The molecule has 0 amide bonds. The lowest BCUT2D eigenvalue weighted by Gasteiger charge is -2.40. The van der Waals surface area contributed by atoms with E-state index in [1.165, 1.54) is 4.88 Å². The third-order valence-corrected chi connectivity index (χ3v) is 4.78. The van der Waals surface area contributed by atoms with Gasteiger partial charge in [0.15, 0.2) is 0 Å². The van der Waals surface area contributed by atoms with Crippen molar-refractivity contribution in [3.8, 4) is 0 Å². The molecule has 0 spiro atoms. The minimum atomic E-state index is -0.780. The molecule has 0 saturated carbocycles. The number of hydrogen-bond acceptors (Lipinski definition) is 5. The van der Waals surface area contributed by atoms with Crippen LogP contribution in [-0.4, -0.2) is 26.1 Å². The Morgan fingerprint density at radius 1 is 1.50 bits per heavy atom. The standard InChI is InChI=1S/C14H20N4OS/c1-9-5-14(19,11-4-10(2)20-8-11)6-12(15-9)13-7-18(3)17-16-13/h4,7-9,12,15,19H,5-6H2,1-3H3/t9-,12-,14?/m0/s1. The summed E-state index contributed by atoms with van der Waals surface area (Å²) in [4.78, 5) is 1.23. The molecule has 2 aromatic rings. The van der Waals surface area contributed by atoms with Gasteiger partial charge in [0.05, 0.1) is 17.3 Å². The van der Waals surface area contributed by atoms with Crippen molar-refractivity contribution >= 4 is 11.3 Å². The number of aromatic nitrogens is 3. The zero-order valence-corrected chi connectivity index (χ0v) is 12.8. The summed E-state index contributed by atoms with van der Waals surface area (Å²) in [5.74, 6) is 0. The molecule has 3 rings (SSSR count). The normalized spacial score (nSPS) is 30.6. The van der Waals surface area contributed by atoms with Crippen LogP contribution in [0.3, 0.4) is 0 Å². The van der Waals surface area contributed by atoms with Crippen molar-refractivity contribution in [3.63, 3.8) is 0 Å². The Morgan fingerprint density at radius 3 is 2.90 bits per heavy atom. The average Bonchev–Trinajstić information content (AvgIpc) is 2.97. The molecule has 1 fully saturated rings. The molecular formula is C14H20N4OS. The van der Waals surface area contributed by atoms with Crippen LogP contribution in [-0.2, 0) is 12.6 Å². The Labute approximate surface area is 122 Å². The van der Waals surface area contributed by atoms with Crippen LogP contribution >= 0.6 is 11.3 Å². The highest BCUT2D eigenvalue weighted by atomic mass is 32.1. The summed E-state index contributed by atoms with van der Waals surface area (Å²) in [6, 6.07) is 2.37. The fraction of sp³-hybridized carbons (Fsp3) is 0.571. The second-order valence-corrected chi connectivity index (χ2v) is 6.94. The first kappa shape index (κ1) is 13.7. The van der Waals surface area contributed by atoms with E-state index in [1.807, 2.05) is 13.2 Å². The Balaban J connectivity index is 1.89. The van der Waals surface area contributed by atoms with Gasteiger partial charge in [0.2, 0.25) is 0 Å². The first-order chi connectivity index (χ1) is 9.46. The van der Waals surface area contributed by atoms with Gasteiger partial charge in [-0.2, -0.15) is 0 Å². The van der Waals surface area contributed by atoms with Gasteiger partial charge >= 0.3 is 0 Å². The molecule has 6 heteroatoms. The average molecular weight is 292 g/mol. The van der Waals surface area contributed by atoms with Crippen molar-refractivity contribution in [3.05, 3.63) is 33.8 Å². The first-order valence-corrected chi connectivity index (χ1v) is 7.74. The lowest BCUT2D eigenvalue weighted by molar-refractivity contribution is -0.0232. The highest BCUT2D eigenvalue weighted by Gasteiger charge is 2.40. The number of nitrogens with zero attached hydrogens (tertiary/aromatic N) is 3. The molecule has 1 unspecified atom stereocenters. The molecule has 0 aromatic carbocycles. The van der Waals surface area contributed by atoms with E-state index in [9.17, 15) is 5.11 Å². The SMILES string of the molecule is Cc1cc(C2(O)C[C@@H](c3cn(C)nn3)N[C@@H](C)C2)cs1. The van der Waals surface area contributed by atoms with Crippen LogP contribution in [0.25, 0.3) is 0 Å². The fourth-order valence-electron chi connectivity index (χ4n) is 3.03. The van der Waals surface area contributed by atoms with Crippen molar-refractivity contribution in [1.82, 2.24) is 20.3 Å². The smallest absolute Gasteiger partial charge is 0.0997 e. The van der Waals surface area contributed by atoms with E-state index in [0.29, 0.717) is 6.42 Å². The van der Waals surface area contributed by atoms with Gasteiger partial charge in [0.25, 0.3) is 0 Å². The quantitative estimate of drug-likeness (QED) is 0.887. The number of hydrogen-bond donors (Lipinski definition) is 2. The van der Waals surface area contributed by atoms with E-state index in [1.54, 1.807) is 16.0 Å². The molecule has 1 aliphatic heterocycles. The van der Waals surface area contributed by atoms with Gasteiger partial charge in [0.1, 0.15) is 0 Å². The molecule has 1 saturated heterocycles. The van der Waals surface area contributed by atoms with E-state index < -0.39 is 5.60 Å². The van der Waals surface area contributed by atoms with Gasteiger partial charge in [-0.15, -0.1) is 16.4 Å². The molecule has 1 aliphatic rings. The van der Waals surface area contributed by atoms with Crippen LogP contribution in [0.15, 0.2) is 17.6 Å². The molecule has 3 atom stereocenters. The summed E-state index contributed by atoms with van der Waals surface area (Å²) >= 11 is 1.69. The maximum Gasteiger partial charge on any atom is 0.0997 e. The summed E-state index contributed by atoms with van der Waals surface area (Å²) in [7, 11) is 1.86. The molecule has 108 valence electrons. The molecule has 2 aromatic heterocycles. The zero-order valence-electron chi connectivity index (χ0n) is 12.0. The molecule has 5 nitrogen and oxygen atoms in total. The first-order valence-electron chi connectivity index (χ1n) is 6.86. The topological polar surface area (TPSA) is 63.0 Å². The predicted molar refractivity (Wildman–Crippen MR) is 78.5 cm³/mol. The number of thiophene rings is 1. The highest BCUT2D eigenvalue weighted by Crippen LogP contribution is 2.40. The minimum Gasteiger partial charge on any atom is -0.385 e. The maximum atomic E-state index is 11.1. The van der Waals surface area contributed by atoms with Gasteiger partial charge < -0.3 is 10.4 Å². The van der Waals surface area contributed by atoms with Crippen LogP contribution in [0.2, 0.25) is 0 Å². The highest BCUT2D eigenvalue weighted by molar-refractivity contribution is 7.10. The number of aliphatic hydroxyl groups is 1. The van der Waals surface area contributed by atoms with Gasteiger partial charge in [0, 0.05) is 30.6 Å². The van der Waals surface area contributed by atoms with Crippen molar-refractivity contribution in [2.45, 2.75) is 44.4 Å². The predicted octanol–water partition coefficient (Wildman–Crippen LogP) is 1.89. The van der Waals surface area contributed by atoms with E-state index in [-0.39, 0.29) is 12.1 Å². The maximum absolute atomic E-state index is 11.1. The van der Waals surface area contributed by atoms with Gasteiger partial charge in [-0.3, -0.25) is 4.68 Å². The number of piperidine rings is 1. The largest absolute Gasteiger partial charge is 0.385 e. The Hall–Kier alpha value is -1.24. The number of nitrogens with one attached hydrogen (secondary N) is 1. The molecule has 2 N–H and O–H groups in total. The van der Waals surface area contributed by atoms with Crippen molar-refractivity contribution in [2.24, 2.45) is 7.05 Å². The molecule has 0 bridgehead atoms. The van der Waals surface area contributed by atoms with Crippen molar-refractivity contribution < 1.29 is 5.11 Å². The summed E-state index contributed by atoms with van der Waals surface area (Å²) in [6.45, 7) is 4.18. The third kappa shape index (κ3) is 2.51. The Morgan fingerprint density at radius 2 is 2.30 bits per heavy atom. The minimum absolute atomic E-state index is 0.0395. The lowest BCUT2D eigenvalue weighted by atomic mass is 9.79. The van der Waals surface area contributed by atoms with Crippen molar-refractivity contribution in [1.29, 1.82) is 0 Å².